The second-order valence-corrected chi connectivity index (χ2v) is 10.9. The second kappa shape index (κ2) is 10.3. The third kappa shape index (κ3) is 4.32. The Balaban J connectivity index is 1.34. The van der Waals surface area contributed by atoms with Crippen molar-refractivity contribution in [3.8, 4) is 11.1 Å². The Bertz CT molecular complexity index is 2080. The van der Waals surface area contributed by atoms with Gasteiger partial charge in [-0.2, -0.15) is 0 Å². The average Bonchev–Trinajstić information content (AvgIpc) is 3.08. The molecule has 42 heavy (non-hydrogen) atoms. The van der Waals surface area contributed by atoms with Gasteiger partial charge in [0.2, 0.25) is 0 Å². The predicted octanol–water partition coefficient (Wildman–Crippen LogP) is 9.15. The van der Waals surface area contributed by atoms with E-state index >= 15 is 0 Å². The molecule has 0 fully saturated rings. The zero-order chi connectivity index (χ0) is 27.9. The van der Waals surface area contributed by atoms with Gasteiger partial charge in [0.05, 0.1) is 0 Å². The number of amidine groups is 1. The van der Waals surface area contributed by atoms with Crippen molar-refractivity contribution in [2.45, 2.75) is 12.3 Å². The van der Waals surface area contributed by atoms with E-state index in [9.17, 15) is 0 Å². The molecule has 0 amide bonds. The fourth-order valence-corrected chi connectivity index (χ4v) is 6.25. The molecule has 3 nitrogen and oxygen atoms in total. The van der Waals surface area contributed by atoms with E-state index < -0.39 is 0 Å². The molecule has 2 unspecified atom stereocenters. The Kier molecular flexibility index (Phi) is 6.02. The van der Waals surface area contributed by atoms with Crippen LogP contribution in [0, 0.1) is 0 Å². The highest BCUT2D eigenvalue weighted by atomic mass is 15.3. The topological polar surface area (TPSA) is 36.4 Å². The number of nitrogens with one attached hydrogen (secondary N) is 2. The van der Waals surface area contributed by atoms with Gasteiger partial charge in [-0.3, -0.25) is 5.32 Å². The second-order valence-electron chi connectivity index (χ2n) is 10.9. The fraction of sp³-hybridized carbons (Fsp3) is 0.0513. The largest absolute Gasteiger partial charge is 0.350 e. The summed E-state index contributed by atoms with van der Waals surface area (Å²) < 4.78 is 0. The summed E-state index contributed by atoms with van der Waals surface area (Å²) in [5.74, 6) is 0.901. The summed E-state index contributed by atoms with van der Waals surface area (Å²) >= 11 is 0. The molecule has 1 aliphatic heterocycles. The number of hydrogen-bond acceptors (Lipinski definition) is 3. The molecule has 1 aliphatic rings. The van der Waals surface area contributed by atoms with Crippen molar-refractivity contribution >= 4 is 38.2 Å². The van der Waals surface area contributed by atoms with Gasteiger partial charge in [-0.1, -0.05) is 146 Å². The van der Waals surface area contributed by atoms with Crippen molar-refractivity contribution in [2.24, 2.45) is 4.99 Å². The minimum absolute atomic E-state index is 0.110. The summed E-state index contributed by atoms with van der Waals surface area (Å²) in [6.07, 6.45) is -0.332. The Hall–Kier alpha value is -5.25. The van der Waals surface area contributed by atoms with E-state index in [1.54, 1.807) is 0 Å². The van der Waals surface area contributed by atoms with Gasteiger partial charge in [0.25, 0.3) is 0 Å². The van der Waals surface area contributed by atoms with Crippen LogP contribution in [-0.4, -0.2) is 5.84 Å². The summed E-state index contributed by atoms with van der Waals surface area (Å²) in [6, 6.07) is 53.9. The number of benzene rings is 7. The number of hydrogen-bond donors (Lipinski definition) is 2. The molecular formula is C39H29N3. The molecule has 2 N–H and O–H groups in total. The molecule has 0 aromatic heterocycles. The minimum Gasteiger partial charge on any atom is -0.350 e. The summed E-state index contributed by atoms with van der Waals surface area (Å²) in [5.41, 5.74) is 5.86. The maximum atomic E-state index is 5.40. The average molecular weight is 540 g/mol. The van der Waals surface area contributed by atoms with Crippen LogP contribution in [0.4, 0.5) is 0 Å². The first kappa shape index (κ1) is 24.5. The van der Waals surface area contributed by atoms with Crippen LogP contribution in [0.3, 0.4) is 0 Å². The van der Waals surface area contributed by atoms with E-state index in [0.717, 1.165) is 17.0 Å². The standard InChI is InChI=1S/C39H29N3/c1-3-11-26(12-4-1)27-19-22-30(23-20-27)38-40-37(29-14-5-2-6-15-29)41-39(42-38)36-34-18-10-8-16-31(34)25-32-24-21-28-13-7-9-17-33(28)35(32)36/h1-25,37-38,40H,(H,41,42). The molecule has 0 saturated carbocycles. The van der Waals surface area contributed by atoms with Gasteiger partial charge in [-0.05, 0) is 55.3 Å². The van der Waals surface area contributed by atoms with E-state index in [-0.39, 0.29) is 12.3 Å². The first-order valence-electron chi connectivity index (χ1n) is 14.5. The van der Waals surface area contributed by atoms with Crippen LogP contribution in [0.2, 0.25) is 0 Å². The van der Waals surface area contributed by atoms with Gasteiger partial charge < -0.3 is 5.32 Å². The predicted molar refractivity (Wildman–Crippen MR) is 176 cm³/mol. The summed E-state index contributed by atoms with van der Waals surface area (Å²) in [4.78, 5) is 5.40. The minimum atomic E-state index is -0.222. The first-order chi connectivity index (χ1) is 20.8. The molecule has 0 aliphatic carbocycles. The van der Waals surface area contributed by atoms with E-state index in [4.69, 9.17) is 4.99 Å². The molecule has 0 bridgehead atoms. The van der Waals surface area contributed by atoms with Crippen molar-refractivity contribution in [2.75, 3.05) is 0 Å². The zero-order valence-electron chi connectivity index (χ0n) is 23.0. The molecule has 3 heteroatoms. The molecule has 0 spiro atoms. The normalized spacial score (nSPS) is 16.8. The highest BCUT2D eigenvalue weighted by Gasteiger charge is 2.27. The lowest BCUT2D eigenvalue weighted by atomic mass is 9.91. The third-order valence-electron chi connectivity index (χ3n) is 8.32. The van der Waals surface area contributed by atoms with Crippen molar-refractivity contribution in [3.63, 3.8) is 0 Å². The van der Waals surface area contributed by atoms with Crippen molar-refractivity contribution < 1.29 is 0 Å². The van der Waals surface area contributed by atoms with E-state index in [2.05, 4.69) is 162 Å². The molecule has 0 radical (unpaired) electrons. The molecule has 8 rings (SSSR count). The number of nitrogens with zero attached hydrogens (tertiary/aromatic N) is 1. The van der Waals surface area contributed by atoms with Crippen LogP contribution < -0.4 is 10.6 Å². The molecule has 0 saturated heterocycles. The molecule has 200 valence electrons. The Morgan fingerprint density at radius 2 is 1.10 bits per heavy atom. The zero-order valence-corrected chi connectivity index (χ0v) is 23.0. The Labute approximate surface area is 245 Å². The van der Waals surface area contributed by atoms with Crippen LogP contribution in [0.15, 0.2) is 157 Å². The van der Waals surface area contributed by atoms with E-state index in [1.165, 1.54) is 49.0 Å². The Morgan fingerprint density at radius 3 is 1.88 bits per heavy atom. The number of rotatable bonds is 4. The fourth-order valence-electron chi connectivity index (χ4n) is 6.25. The van der Waals surface area contributed by atoms with E-state index in [0.29, 0.717) is 0 Å². The molecule has 1 heterocycles. The lowest BCUT2D eigenvalue weighted by Crippen LogP contribution is -2.45. The monoisotopic (exact) mass is 539 g/mol. The highest BCUT2D eigenvalue weighted by Crippen LogP contribution is 2.36. The van der Waals surface area contributed by atoms with Crippen LogP contribution in [0.25, 0.3) is 43.4 Å². The SMILES string of the molecule is c1ccc(-c2ccc(C3N=C(c4c5ccccc5cc5ccc6ccccc6c45)NC(c4ccccc4)N3)cc2)cc1. The van der Waals surface area contributed by atoms with Gasteiger partial charge in [-0.25, -0.2) is 4.99 Å². The maximum absolute atomic E-state index is 5.40. The van der Waals surface area contributed by atoms with Crippen molar-refractivity contribution in [1.29, 1.82) is 0 Å². The highest BCUT2D eigenvalue weighted by molar-refractivity contribution is 6.26. The van der Waals surface area contributed by atoms with Crippen LogP contribution in [0.5, 0.6) is 0 Å². The third-order valence-corrected chi connectivity index (χ3v) is 8.32. The van der Waals surface area contributed by atoms with Gasteiger partial charge in [0.15, 0.2) is 0 Å². The maximum Gasteiger partial charge on any atom is 0.133 e. The number of aliphatic imine (C=N–C) groups is 1. The smallest absolute Gasteiger partial charge is 0.133 e. The van der Waals surface area contributed by atoms with Gasteiger partial charge in [0, 0.05) is 10.9 Å². The summed E-state index contributed by atoms with van der Waals surface area (Å²) in [5, 5.41) is 14.9. The first-order valence-corrected chi connectivity index (χ1v) is 14.5. The molecular weight excluding hydrogens is 510 g/mol. The van der Waals surface area contributed by atoms with Gasteiger partial charge in [-0.15, -0.1) is 0 Å². The van der Waals surface area contributed by atoms with Crippen LogP contribution in [-0.2, 0) is 0 Å². The number of fused-ring (bicyclic) bond motifs is 4. The lowest BCUT2D eigenvalue weighted by molar-refractivity contribution is 0.409. The Morgan fingerprint density at radius 1 is 0.476 bits per heavy atom. The van der Waals surface area contributed by atoms with Gasteiger partial charge >= 0.3 is 0 Å². The summed E-state index contributed by atoms with van der Waals surface area (Å²) in [6.45, 7) is 0. The van der Waals surface area contributed by atoms with Crippen LogP contribution >= 0.6 is 0 Å². The van der Waals surface area contributed by atoms with E-state index in [1.807, 2.05) is 0 Å². The van der Waals surface area contributed by atoms with Crippen LogP contribution in [0.1, 0.15) is 29.0 Å². The van der Waals surface area contributed by atoms with Crippen molar-refractivity contribution in [1.82, 2.24) is 10.6 Å². The quantitative estimate of drug-likeness (QED) is 0.173. The molecule has 2 atom stereocenters. The van der Waals surface area contributed by atoms with Crippen molar-refractivity contribution in [3.05, 3.63) is 168 Å². The molecule has 7 aromatic rings. The lowest BCUT2D eigenvalue weighted by Gasteiger charge is -2.33. The van der Waals surface area contributed by atoms with Gasteiger partial charge in [0.1, 0.15) is 18.2 Å². The summed E-state index contributed by atoms with van der Waals surface area (Å²) in [7, 11) is 0. The molecule has 7 aromatic carbocycles.